The van der Waals surface area contributed by atoms with Gasteiger partial charge in [0, 0.05) is 35.3 Å². The summed E-state index contributed by atoms with van der Waals surface area (Å²) in [6.45, 7) is 2.02. The third-order valence-electron chi connectivity index (χ3n) is 4.75. The summed E-state index contributed by atoms with van der Waals surface area (Å²) in [5, 5.41) is 1.08. The minimum absolute atomic E-state index is 0.0365. The van der Waals surface area contributed by atoms with Crippen LogP contribution in [0.2, 0.25) is 0 Å². The van der Waals surface area contributed by atoms with Crippen LogP contribution in [0, 0.1) is 0 Å². The van der Waals surface area contributed by atoms with Crippen LogP contribution in [-0.4, -0.2) is 23.9 Å². The molecule has 26 heavy (non-hydrogen) atoms. The van der Waals surface area contributed by atoms with Crippen molar-refractivity contribution >= 4 is 34.3 Å². The Morgan fingerprint density at radius 1 is 1.04 bits per heavy atom. The van der Waals surface area contributed by atoms with E-state index in [9.17, 15) is 4.79 Å². The number of ketones is 1. The van der Waals surface area contributed by atoms with Gasteiger partial charge < -0.3 is 10.6 Å². The molecule has 1 aliphatic heterocycles. The van der Waals surface area contributed by atoms with E-state index in [4.69, 9.17) is 10.7 Å². The van der Waals surface area contributed by atoms with Crippen molar-refractivity contribution in [1.82, 2.24) is 4.98 Å². The smallest absolute Gasteiger partial charge is 0.185 e. The predicted octanol–water partition coefficient (Wildman–Crippen LogP) is 4.31. The fourth-order valence-corrected chi connectivity index (χ4v) is 3.34. The minimum atomic E-state index is -0.0365. The number of rotatable bonds is 4. The van der Waals surface area contributed by atoms with Crippen LogP contribution in [0.5, 0.6) is 0 Å². The molecule has 0 radical (unpaired) electrons. The molecule has 1 aromatic heterocycles. The maximum Gasteiger partial charge on any atom is 0.185 e. The van der Waals surface area contributed by atoms with E-state index in [0.717, 1.165) is 35.4 Å². The Hall–Kier alpha value is -3.14. The zero-order valence-electron chi connectivity index (χ0n) is 14.6. The van der Waals surface area contributed by atoms with Crippen LogP contribution in [-0.2, 0) is 0 Å². The van der Waals surface area contributed by atoms with Gasteiger partial charge in [-0.25, -0.2) is 4.98 Å². The lowest BCUT2D eigenvalue weighted by molar-refractivity contribution is 0.104. The molecule has 0 atom stereocenters. The summed E-state index contributed by atoms with van der Waals surface area (Å²) >= 11 is 0. The molecule has 4 nitrogen and oxygen atoms in total. The second-order valence-electron chi connectivity index (χ2n) is 6.61. The molecule has 2 N–H and O–H groups in total. The first kappa shape index (κ1) is 16.3. The second kappa shape index (κ2) is 7.00. The highest BCUT2D eigenvalue weighted by Crippen LogP contribution is 2.27. The summed E-state index contributed by atoms with van der Waals surface area (Å²) in [5.41, 5.74) is 8.94. The van der Waals surface area contributed by atoms with Gasteiger partial charge in [0.15, 0.2) is 5.78 Å². The fourth-order valence-electron chi connectivity index (χ4n) is 3.34. The van der Waals surface area contributed by atoms with Crippen LogP contribution in [0.25, 0.3) is 17.0 Å². The van der Waals surface area contributed by atoms with Gasteiger partial charge in [-0.05, 0) is 61.4 Å². The van der Waals surface area contributed by atoms with Crippen LogP contribution in [0.4, 0.5) is 11.5 Å². The van der Waals surface area contributed by atoms with Gasteiger partial charge in [-0.1, -0.05) is 18.2 Å². The molecule has 2 aromatic carbocycles. The van der Waals surface area contributed by atoms with Crippen LogP contribution in [0.15, 0.2) is 60.7 Å². The third-order valence-corrected chi connectivity index (χ3v) is 4.75. The van der Waals surface area contributed by atoms with E-state index >= 15 is 0 Å². The summed E-state index contributed by atoms with van der Waals surface area (Å²) in [4.78, 5) is 19.6. The molecule has 0 amide bonds. The molecular weight excluding hydrogens is 322 g/mol. The van der Waals surface area contributed by atoms with Crippen LogP contribution < -0.4 is 10.6 Å². The number of carbonyl (C=O) groups excluding carboxylic acids is 1. The lowest BCUT2D eigenvalue weighted by Gasteiger charge is -2.19. The first-order valence-corrected chi connectivity index (χ1v) is 8.93. The van der Waals surface area contributed by atoms with Crippen molar-refractivity contribution in [1.29, 1.82) is 0 Å². The number of hydrogen-bond donors (Lipinski definition) is 1. The summed E-state index contributed by atoms with van der Waals surface area (Å²) < 4.78 is 0. The van der Waals surface area contributed by atoms with Crippen LogP contribution in [0.1, 0.15) is 28.8 Å². The third kappa shape index (κ3) is 3.31. The Bertz CT molecular complexity index is 970. The molecule has 4 heteroatoms. The molecule has 0 unspecified atom stereocenters. The Balaban J connectivity index is 1.70. The number of fused-ring (bicyclic) bond motifs is 1. The molecule has 2 heterocycles. The number of allylic oxidation sites excluding steroid dienone is 1. The molecule has 0 bridgehead atoms. The highest BCUT2D eigenvalue weighted by Gasteiger charge is 2.17. The Morgan fingerprint density at radius 3 is 2.54 bits per heavy atom. The number of aromatic nitrogens is 1. The van der Waals surface area contributed by atoms with Gasteiger partial charge in [-0.2, -0.15) is 0 Å². The van der Waals surface area contributed by atoms with Gasteiger partial charge in [0.1, 0.15) is 5.82 Å². The van der Waals surface area contributed by atoms with Gasteiger partial charge in [0.25, 0.3) is 0 Å². The lowest BCUT2D eigenvalue weighted by atomic mass is 10.1. The van der Waals surface area contributed by atoms with Gasteiger partial charge in [0.05, 0.1) is 5.52 Å². The maximum absolute atomic E-state index is 12.5. The number of nitrogen functional groups attached to an aromatic ring is 1. The molecule has 0 saturated carbocycles. The number of carbonyl (C=O) groups is 1. The number of nitrogens with zero attached hydrogens (tertiary/aromatic N) is 2. The summed E-state index contributed by atoms with van der Waals surface area (Å²) in [5.74, 6) is 0.924. The zero-order chi connectivity index (χ0) is 17.9. The monoisotopic (exact) mass is 343 g/mol. The molecule has 0 spiro atoms. The van der Waals surface area contributed by atoms with E-state index < -0.39 is 0 Å². The van der Waals surface area contributed by atoms with Gasteiger partial charge in [-0.15, -0.1) is 0 Å². The van der Waals surface area contributed by atoms with Gasteiger partial charge >= 0.3 is 0 Å². The number of para-hydroxylation sites is 1. The lowest BCUT2D eigenvalue weighted by Crippen LogP contribution is -2.20. The molecule has 0 aliphatic carbocycles. The number of benzene rings is 2. The van der Waals surface area contributed by atoms with Crippen LogP contribution in [0.3, 0.4) is 0 Å². The van der Waals surface area contributed by atoms with Crippen molar-refractivity contribution in [2.75, 3.05) is 23.7 Å². The first-order valence-electron chi connectivity index (χ1n) is 8.93. The molecule has 4 rings (SSSR count). The standard InChI is InChI=1S/C22H21N3O/c23-19-10-7-16(8-11-19)21(26)12-9-18-15-17-5-1-2-6-20(17)24-22(18)25-13-3-4-14-25/h1-2,5-12,15H,3-4,13-14,23H2. The Morgan fingerprint density at radius 2 is 1.77 bits per heavy atom. The molecular formula is C22H21N3O. The Labute approximate surface area is 153 Å². The molecule has 1 fully saturated rings. The van der Waals surface area contributed by atoms with E-state index in [1.807, 2.05) is 24.3 Å². The Kier molecular flexibility index (Phi) is 4.40. The average molecular weight is 343 g/mol. The normalized spacial score (nSPS) is 14.4. The maximum atomic E-state index is 12.5. The van der Waals surface area contributed by atoms with Gasteiger partial charge in [0.2, 0.25) is 0 Å². The van der Waals surface area contributed by atoms with E-state index in [2.05, 4.69) is 17.0 Å². The van der Waals surface area contributed by atoms with Gasteiger partial charge in [-0.3, -0.25) is 4.79 Å². The molecule has 3 aromatic rings. The summed E-state index contributed by atoms with van der Waals surface area (Å²) in [6, 6.07) is 17.2. The first-order chi connectivity index (χ1) is 12.7. The highest BCUT2D eigenvalue weighted by molar-refractivity contribution is 6.07. The van der Waals surface area contributed by atoms with E-state index in [-0.39, 0.29) is 5.78 Å². The number of hydrogen-bond acceptors (Lipinski definition) is 4. The van der Waals surface area contributed by atoms with Crippen molar-refractivity contribution < 1.29 is 4.79 Å². The number of nitrogens with two attached hydrogens (primary N) is 1. The van der Waals surface area contributed by atoms with Crippen molar-refractivity contribution in [2.24, 2.45) is 0 Å². The van der Waals surface area contributed by atoms with Crippen molar-refractivity contribution in [3.8, 4) is 0 Å². The van der Waals surface area contributed by atoms with Crippen molar-refractivity contribution in [3.05, 3.63) is 71.8 Å². The predicted molar refractivity (Wildman–Crippen MR) is 107 cm³/mol. The molecule has 1 aliphatic rings. The SMILES string of the molecule is Nc1ccc(C(=O)C=Cc2cc3ccccc3nc2N2CCCC2)cc1. The summed E-state index contributed by atoms with van der Waals surface area (Å²) in [6.07, 6.45) is 5.87. The van der Waals surface area contributed by atoms with E-state index in [0.29, 0.717) is 11.3 Å². The average Bonchev–Trinajstić information content (AvgIpc) is 3.20. The second-order valence-corrected chi connectivity index (χ2v) is 6.61. The minimum Gasteiger partial charge on any atom is -0.399 e. The zero-order valence-corrected chi connectivity index (χ0v) is 14.6. The molecule has 130 valence electrons. The van der Waals surface area contributed by atoms with E-state index in [1.54, 1.807) is 30.3 Å². The van der Waals surface area contributed by atoms with Crippen LogP contribution >= 0.6 is 0 Å². The quantitative estimate of drug-likeness (QED) is 0.435. The fraction of sp³-hybridized carbons (Fsp3) is 0.182. The topological polar surface area (TPSA) is 59.2 Å². The highest BCUT2D eigenvalue weighted by atomic mass is 16.1. The molecule has 1 saturated heterocycles. The largest absolute Gasteiger partial charge is 0.399 e. The number of anilines is 2. The summed E-state index contributed by atoms with van der Waals surface area (Å²) in [7, 11) is 0. The number of pyridine rings is 1. The van der Waals surface area contributed by atoms with Crippen molar-refractivity contribution in [3.63, 3.8) is 0 Å². The van der Waals surface area contributed by atoms with Crippen molar-refractivity contribution in [2.45, 2.75) is 12.8 Å². The van der Waals surface area contributed by atoms with E-state index in [1.165, 1.54) is 12.8 Å².